The van der Waals surface area contributed by atoms with E-state index in [-0.39, 0.29) is 37.1 Å². The summed E-state index contributed by atoms with van der Waals surface area (Å²) in [6.45, 7) is 2.40. The van der Waals surface area contributed by atoms with E-state index in [2.05, 4.69) is 21.3 Å². The molecule has 0 aromatic heterocycles. The van der Waals surface area contributed by atoms with Gasteiger partial charge in [0.1, 0.15) is 18.1 Å². The van der Waals surface area contributed by atoms with Crippen molar-refractivity contribution >= 4 is 34.4 Å². The molecule has 4 amide bonds. The Hall–Kier alpha value is -4.28. The average Bonchev–Trinajstić information content (AvgIpc) is 3.63. The molecular weight excluding hydrogens is 592 g/mol. The topological polar surface area (TPSA) is 168 Å². The number of nitrogens with two attached hydrogens (primary N) is 2. The van der Waals surface area contributed by atoms with Gasteiger partial charge >= 0.3 is 0 Å². The largest absolute Gasteiger partial charge is 0.346 e. The van der Waals surface area contributed by atoms with Crippen molar-refractivity contribution in [2.45, 2.75) is 88.9 Å². The van der Waals surface area contributed by atoms with Crippen LogP contribution in [0.3, 0.4) is 0 Å². The van der Waals surface area contributed by atoms with Gasteiger partial charge in [-0.15, -0.1) is 0 Å². The van der Waals surface area contributed by atoms with E-state index in [9.17, 15) is 19.2 Å². The van der Waals surface area contributed by atoms with Crippen LogP contribution in [0.4, 0.5) is 0 Å². The fraction of sp³-hybridized carbons (Fsp3) is 0.459. The van der Waals surface area contributed by atoms with Crippen molar-refractivity contribution in [3.8, 4) is 0 Å². The predicted molar refractivity (Wildman–Crippen MR) is 185 cm³/mol. The van der Waals surface area contributed by atoms with Crippen molar-refractivity contribution in [1.29, 1.82) is 0 Å². The van der Waals surface area contributed by atoms with Gasteiger partial charge in [0.15, 0.2) is 0 Å². The summed E-state index contributed by atoms with van der Waals surface area (Å²) in [7, 11) is 0. The number of amides is 4. The number of rotatable bonds is 17. The van der Waals surface area contributed by atoms with Crippen LogP contribution in [0, 0.1) is 5.92 Å². The number of unbranched alkanes of at least 4 members (excludes halogenated alkanes) is 1. The lowest BCUT2D eigenvalue weighted by Crippen LogP contribution is -2.59. The molecule has 1 aliphatic rings. The quantitative estimate of drug-likeness (QED) is 0.123. The highest BCUT2D eigenvalue weighted by Gasteiger charge is 2.36. The smallest absolute Gasteiger partial charge is 0.243 e. The van der Waals surface area contributed by atoms with Gasteiger partial charge < -0.3 is 32.7 Å². The summed E-state index contributed by atoms with van der Waals surface area (Å²) in [6, 6.07) is 20.4. The molecule has 47 heavy (non-hydrogen) atoms. The van der Waals surface area contributed by atoms with Crippen molar-refractivity contribution in [1.82, 2.24) is 21.3 Å². The van der Waals surface area contributed by atoms with E-state index < -0.39 is 36.0 Å². The molecule has 3 aromatic carbocycles. The minimum absolute atomic E-state index is 0.0870. The number of nitrogens with one attached hydrogen (secondary N) is 4. The number of carbonyl (C=O) groups excluding carboxylic acids is 4. The molecule has 3 aromatic rings. The Labute approximate surface area is 277 Å². The third-order valence-corrected chi connectivity index (χ3v) is 9.01. The van der Waals surface area contributed by atoms with Gasteiger partial charge in [0, 0.05) is 19.4 Å². The molecule has 1 aliphatic carbocycles. The van der Waals surface area contributed by atoms with E-state index in [1.54, 1.807) is 6.92 Å². The third kappa shape index (κ3) is 10.4. The van der Waals surface area contributed by atoms with Gasteiger partial charge in [0.25, 0.3) is 0 Å². The van der Waals surface area contributed by atoms with Crippen LogP contribution in [0.15, 0.2) is 72.8 Å². The molecule has 252 valence electrons. The third-order valence-electron chi connectivity index (χ3n) is 9.01. The lowest BCUT2D eigenvalue weighted by atomic mass is 9.95. The van der Waals surface area contributed by atoms with Crippen LogP contribution in [0.2, 0.25) is 0 Å². The van der Waals surface area contributed by atoms with E-state index >= 15 is 0 Å². The van der Waals surface area contributed by atoms with E-state index in [1.165, 1.54) is 0 Å². The number of fused-ring (bicyclic) bond motifs is 1. The Morgan fingerprint density at radius 2 is 1.43 bits per heavy atom. The number of hydrogen-bond acceptors (Lipinski definition) is 6. The minimum Gasteiger partial charge on any atom is -0.346 e. The lowest BCUT2D eigenvalue weighted by Gasteiger charge is -2.29. The molecule has 4 rings (SSSR count). The van der Waals surface area contributed by atoms with Crippen LogP contribution >= 0.6 is 0 Å². The average molecular weight is 643 g/mol. The molecule has 1 saturated carbocycles. The van der Waals surface area contributed by atoms with E-state index in [4.69, 9.17) is 11.5 Å². The summed E-state index contributed by atoms with van der Waals surface area (Å²) in [5, 5.41) is 14.0. The van der Waals surface area contributed by atoms with Gasteiger partial charge in [-0.05, 0) is 66.5 Å². The molecule has 10 nitrogen and oxygen atoms in total. The maximum atomic E-state index is 14.0. The highest BCUT2D eigenvalue weighted by atomic mass is 16.2. The molecule has 0 spiro atoms. The molecule has 8 N–H and O–H groups in total. The number of carbonyl (C=O) groups is 4. The molecule has 10 heteroatoms. The Kier molecular flexibility index (Phi) is 13.7. The fourth-order valence-corrected chi connectivity index (χ4v) is 6.31. The summed E-state index contributed by atoms with van der Waals surface area (Å²) in [6.07, 6.45) is 5.69. The standard InChI is InChI=1S/C37H50N6O4/c1-2-33(44)40-31(23-25-19-20-26-12-6-9-17-29(26)22-25)36(46)43-34(28-15-7-8-16-28)37(47)41-30(18-10-11-21-38)35(45)42-32(24-39)27-13-4-3-5-14-27/h3-6,9,12-14,17,19-20,22,28,30-32,34H,2,7-8,10-11,15-16,18,21,23-24,38-39H2,1H3,(H,40,44)(H,41,47)(H,42,45)(H,43,46)/t30-,31-,32+,34-/m0/s1. The predicted octanol–water partition coefficient (Wildman–Crippen LogP) is 3.38. The summed E-state index contributed by atoms with van der Waals surface area (Å²) in [4.78, 5) is 54.0. The highest BCUT2D eigenvalue weighted by Crippen LogP contribution is 2.28. The molecule has 0 saturated heterocycles. The van der Waals surface area contributed by atoms with Crippen molar-refractivity contribution < 1.29 is 19.2 Å². The zero-order valence-corrected chi connectivity index (χ0v) is 27.4. The first-order valence-corrected chi connectivity index (χ1v) is 17.0. The van der Waals surface area contributed by atoms with Crippen LogP contribution in [0.25, 0.3) is 10.8 Å². The summed E-state index contributed by atoms with van der Waals surface area (Å²) in [5.41, 5.74) is 13.5. The number of hydrogen-bond donors (Lipinski definition) is 6. The van der Waals surface area contributed by atoms with Gasteiger partial charge in [0.2, 0.25) is 23.6 Å². The zero-order chi connectivity index (χ0) is 33.6. The van der Waals surface area contributed by atoms with Gasteiger partial charge in [-0.3, -0.25) is 19.2 Å². The Balaban J connectivity index is 1.52. The van der Waals surface area contributed by atoms with E-state index in [1.807, 2.05) is 72.8 Å². The van der Waals surface area contributed by atoms with Crippen LogP contribution in [-0.2, 0) is 25.6 Å². The molecule has 0 aliphatic heterocycles. The maximum Gasteiger partial charge on any atom is 0.243 e. The number of benzene rings is 3. The molecular formula is C37H50N6O4. The van der Waals surface area contributed by atoms with Crippen LogP contribution in [-0.4, -0.2) is 54.8 Å². The minimum atomic E-state index is -0.875. The van der Waals surface area contributed by atoms with Crippen LogP contribution in [0.5, 0.6) is 0 Å². The van der Waals surface area contributed by atoms with Gasteiger partial charge in [-0.25, -0.2) is 0 Å². The molecule has 4 atom stereocenters. The summed E-state index contributed by atoms with van der Waals surface area (Å²) >= 11 is 0. The lowest BCUT2D eigenvalue weighted by molar-refractivity contribution is -0.135. The highest BCUT2D eigenvalue weighted by molar-refractivity contribution is 5.94. The molecule has 1 fully saturated rings. The van der Waals surface area contributed by atoms with Crippen LogP contribution in [0.1, 0.15) is 75.5 Å². The van der Waals surface area contributed by atoms with Crippen molar-refractivity contribution in [3.63, 3.8) is 0 Å². The molecule has 0 heterocycles. The zero-order valence-electron chi connectivity index (χ0n) is 27.4. The Morgan fingerprint density at radius 3 is 2.11 bits per heavy atom. The first-order valence-electron chi connectivity index (χ1n) is 17.0. The van der Waals surface area contributed by atoms with Gasteiger partial charge in [0.05, 0.1) is 6.04 Å². The van der Waals surface area contributed by atoms with E-state index in [0.717, 1.165) is 47.6 Å². The van der Waals surface area contributed by atoms with Gasteiger partial charge in [-0.2, -0.15) is 0 Å². The first-order chi connectivity index (χ1) is 22.8. The monoisotopic (exact) mass is 642 g/mol. The Morgan fingerprint density at radius 1 is 0.745 bits per heavy atom. The van der Waals surface area contributed by atoms with Crippen LogP contribution < -0.4 is 32.7 Å². The maximum absolute atomic E-state index is 14.0. The molecule has 0 bridgehead atoms. The van der Waals surface area contributed by atoms with Gasteiger partial charge in [-0.1, -0.05) is 92.6 Å². The second-order valence-corrected chi connectivity index (χ2v) is 12.4. The van der Waals surface area contributed by atoms with Crippen molar-refractivity contribution in [3.05, 3.63) is 83.9 Å². The summed E-state index contributed by atoms with van der Waals surface area (Å²) < 4.78 is 0. The summed E-state index contributed by atoms with van der Waals surface area (Å²) in [5.74, 6) is -1.51. The SMILES string of the molecule is CCC(=O)N[C@@H](Cc1ccc2ccccc2c1)C(=O)N[C@H](C(=O)N[C@@H](CCCCN)C(=O)N[C@H](CN)c1ccccc1)C1CCCC1. The van der Waals surface area contributed by atoms with Crippen molar-refractivity contribution in [2.24, 2.45) is 17.4 Å². The second kappa shape index (κ2) is 18.2. The van der Waals surface area contributed by atoms with E-state index in [0.29, 0.717) is 25.8 Å². The fourth-order valence-electron chi connectivity index (χ4n) is 6.31. The molecule has 0 unspecified atom stereocenters. The first kappa shape index (κ1) is 35.6. The van der Waals surface area contributed by atoms with Crippen molar-refractivity contribution in [2.75, 3.05) is 13.1 Å². The Bertz CT molecular complexity index is 1480. The molecule has 0 radical (unpaired) electrons. The normalized spacial score (nSPS) is 15.7. The second-order valence-electron chi connectivity index (χ2n) is 12.4.